The number of hydrogen-bond acceptors (Lipinski definition) is 5. The Labute approximate surface area is 277 Å². The van der Waals surface area contributed by atoms with Gasteiger partial charge in [0.15, 0.2) is 0 Å². The Bertz CT molecular complexity index is 1500. The molecule has 0 spiro atoms. The summed E-state index contributed by atoms with van der Waals surface area (Å²) in [5.74, 6) is -0.476. The first-order chi connectivity index (χ1) is 21.5. The number of unbranched alkanes of at least 4 members (excludes halogenated alkanes) is 1. The maximum absolute atomic E-state index is 15.6. The summed E-state index contributed by atoms with van der Waals surface area (Å²) in [5, 5.41) is 5.93. The van der Waals surface area contributed by atoms with Gasteiger partial charge in [-0.3, -0.25) is 4.90 Å². The van der Waals surface area contributed by atoms with Crippen LogP contribution in [0.2, 0.25) is 51.4 Å². The second kappa shape index (κ2) is 14.7. The highest BCUT2D eigenvalue weighted by Gasteiger charge is 2.33. The van der Waals surface area contributed by atoms with Crippen LogP contribution >= 0.6 is 0 Å². The van der Waals surface area contributed by atoms with Gasteiger partial charge in [-0.05, 0) is 61.4 Å². The van der Waals surface area contributed by atoms with Crippen LogP contribution in [0.15, 0.2) is 18.2 Å². The molecule has 0 fully saturated rings. The standard InChI is InChI=1S/C35H57FN4O4Si2/c1-11-12-15-44-34(41)38(4)30-22-29-26(20-28(30)36)21-31(39(29)24-42-16-18-45(5,6)7)33-27-13-14-35(2,3)23-32(27)40(37-33)25-43-17-19-46(8,9)10/h20-22H,11-19,23-25H2,1-10H3. The number of rotatable bonds is 15. The van der Waals surface area contributed by atoms with E-state index in [1.807, 2.05) is 13.0 Å². The van der Waals surface area contributed by atoms with Crippen molar-refractivity contribution < 1.29 is 23.4 Å². The van der Waals surface area contributed by atoms with E-state index in [9.17, 15) is 4.79 Å². The third-order valence-corrected chi connectivity index (χ3v) is 12.3. The first-order valence-corrected chi connectivity index (χ1v) is 24.4. The molecular formula is C35H57FN4O4Si2. The van der Waals surface area contributed by atoms with Gasteiger partial charge in [-0.2, -0.15) is 5.10 Å². The lowest BCUT2D eigenvalue weighted by Gasteiger charge is -2.30. The molecule has 11 heteroatoms. The van der Waals surface area contributed by atoms with E-state index in [1.54, 1.807) is 13.1 Å². The van der Waals surface area contributed by atoms with Crippen molar-refractivity contribution in [3.05, 3.63) is 35.3 Å². The van der Waals surface area contributed by atoms with Crippen LogP contribution in [0.3, 0.4) is 0 Å². The third kappa shape index (κ3) is 9.32. The molecule has 2 aromatic heterocycles. The van der Waals surface area contributed by atoms with Crippen molar-refractivity contribution in [2.75, 3.05) is 31.8 Å². The Hall–Kier alpha value is -2.48. The molecule has 256 valence electrons. The number of anilines is 1. The quantitative estimate of drug-likeness (QED) is 0.119. The summed E-state index contributed by atoms with van der Waals surface area (Å²) in [7, 11) is -0.956. The lowest BCUT2D eigenvalue weighted by Crippen LogP contribution is -2.28. The first kappa shape index (κ1) is 36.4. The molecule has 0 N–H and O–H groups in total. The number of nitrogens with zero attached hydrogens (tertiary/aromatic N) is 4. The van der Waals surface area contributed by atoms with Gasteiger partial charge in [-0.1, -0.05) is 66.5 Å². The second-order valence-corrected chi connectivity index (χ2v) is 27.4. The van der Waals surface area contributed by atoms with Gasteiger partial charge in [-0.15, -0.1) is 0 Å². The number of halogens is 1. The number of carbonyl (C=O) groups is 1. The fourth-order valence-electron chi connectivity index (χ4n) is 5.74. The predicted molar refractivity (Wildman–Crippen MR) is 192 cm³/mol. The smallest absolute Gasteiger partial charge is 0.414 e. The summed E-state index contributed by atoms with van der Waals surface area (Å²) in [6.07, 6.45) is 4.00. The average Bonchev–Trinajstić information content (AvgIpc) is 3.47. The van der Waals surface area contributed by atoms with Gasteiger partial charge in [0, 0.05) is 53.1 Å². The second-order valence-electron chi connectivity index (χ2n) is 16.2. The van der Waals surface area contributed by atoms with Crippen LogP contribution < -0.4 is 4.90 Å². The van der Waals surface area contributed by atoms with Crippen LogP contribution in [0.25, 0.3) is 22.3 Å². The largest absolute Gasteiger partial charge is 0.449 e. The van der Waals surface area contributed by atoms with E-state index in [0.717, 1.165) is 73.1 Å². The Morgan fingerprint density at radius 2 is 1.65 bits per heavy atom. The molecule has 1 aliphatic rings. The van der Waals surface area contributed by atoms with Gasteiger partial charge in [0.25, 0.3) is 0 Å². The van der Waals surface area contributed by atoms with Crippen molar-refractivity contribution in [1.82, 2.24) is 14.3 Å². The zero-order chi connectivity index (χ0) is 33.9. The predicted octanol–water partition coefficient (Wildman–Crippen LogP) is 9.16. The highest BCUT2D eigenvalue weighted by atomic mass is 28.3. The Balaban J connectivity index is 1.77. The van der Waals surface area contributed by atoms with Crippen molar-refractivity contribution >= 4 is 38.8 Å². The van der Waals surface area contributed by atoms with E-state index in [1.165, 1.54) is 22.2 Å². The molecule has 0 saturated heterocycles. The third-order valence-electron chi connectivity index (χ3n) is 8.86. The zero-order valence-corrected chi connectivity index (χ0v) is 32.0. The maximum atomic E-state index is 15.6. The minimum absolute atomic E-state index is 0.168. The number of hydrogen-bond donors (Lipinski definition) is 0. The van der Waals surface area contributed by atoms with Crippen molar-refractivity contribution in [2.45, 2.75) is 118 Å². The van der Waals surface area contributed by atoms with Crippen molar-refractivity contribution in [2.24, 2.45) is 5.41 Å². The number of benzene rings is 1. The van der Waals surface area contributed by atoms with Crippen LogP contribution in [0, 0.1) is 11.2 Å². The van der Waals surface area contributed by atoms with Crippen molar-refractivity contribution in [3.8, 4) is 11.4 Å². The van der Waals surface area contributed by atoms with E-state index in [2.05, 4.69) is 62.4 Å². The molecule has 1 aliphatic carbocycles. The van der Waals surface area contributed by atoms with E-state index in [-0.39, 0.29) is 11.1 Å². The van der Waals surface area contributed by atoms with Gasteiger partial charge < -0.3 is 18.8 Å². The summed E-state index contributed by atoms with van der Waals surface area (Å²) >= 11 is 0. The fraction of sp³-hybridized carbons (Fsp3) is 0.657. The zero-order valence-electron chi connectivity index (χ0n) is 30.0. The van der Waals surface area contributed by atoms with E-state index >= 15 is 4.39 Å². The molecule has 1 amide bonds. The minimum atomic E-state index is -1.30. The van der Waals surface area contributed by atoms with Crippen LogP contribution in [0.5, 0.6) is 0 Å². The van der Waals surface area contributed by atoms with Gasteiger partial charge in [0.05, 0.1) is 23.5 Å². The number of carbonyl (C=O) groups excluding carboxylic acids is 1. The molecule has 8 nitrogen and oxygen atoms in total. The molecule has 0 saturated carbocycles. The lowest BCUT2D eigenvalue weighted by atomic mass is 9.76. The van der Waals surface area contributed by atoms with Gasteiger partial charge in [0.2, 0.25) is 0 Å². The monoisotopic (exact) mass is 672 g/mol. The number of fused-ring (bicyclic) bond motifs is 2. The van der Waals surface area contributed by atoms with Crippen LogP contribution in [0.1, 0.15) is 51.3 Å². The Kier molecular flexibility index (Phi) is 11.7. The SMILES string of the molecule is CCCCOC(=O)N(C)c1cc2c(cc1F)cc(-c1nn(COCC[Si](C)(C)C)c3c1CCC(C)(C)C3)n2COCC[Si](C)(C)C. The summed E-state index contributed by atoms with van der Waals surface area (Å²) in [6, 6.07) is 7.41. The average molecular weight is 673 g/mol. The molecule has 0 atom stereocenters. The summed E-state index contributed by atoms with van der Waals surface area (Å²) in [4.78, 5) is 14.0. The van der Waals surface area contributed by atoms with E-state index in [4.69, 9.17) is 19.3 Å². The highest BCUT2D eigenvalue weighted by Crippen LogP contribution is 2.41. The van der Waals surface area contributed by atoms with Crippen molar-refractivity contribution in [3.63, 3.8) is 0 Å². The molecule has 2 heterocycles. The first-order valence-electron chi connectivity index (χ1n) is 17.0. The summed E-state index contributed by atoms with van der Waals surface area (Å²) in [5.41, 5.74) is 5.38. The molecule has 4 rings (SSSR count). The van der Waals surface area contributed by atoms with Gasteiger partial charge in [-0.25, -0.2) is 13.9 Å². The Morgan fingerprint density at radius 3 is 2.28 bits per heavy atom. The van der Waals surface area contributed by atoms with Gasteiger partial charge >= 0.3 is 6.09 Å². The minimum Gasteiger partial charge on any atom is -0.449 e. The number of ether oxygens (including phenoxy) is 3. The fourth-order valence-corrected chi connectivity index (χ4v) is 7.25. The molecule has 3 aromatic rings. The molecular weight excluding hydrogens is 616 g/mol. The van der Waals surface area contributed by atoms with E-state index in [0.29, 0.717) is 26.7 Å². The number of aromatic nitrogens is 3. The van der Waals surface area contributed by atoms with Gasteiger partial charge in [0.1, 0.15) is 25.0 Å². The highest BCUT2D eigenvalue weighted by molar-refractivity contribution is 6.76. The molecule has 0 bridgehead atoms. The van der Waals surface area contributed by atoms with Crippen LogP contribution in [0.4, 0.5) is 14.9 Å². The van der Waals surface area contributed by atoms with E-state index < -0.39 is 28.1 Å². The maximum Gasteiger partial charge on any atom is 0.414 e. The topological polar surface area (TPSA) is 70.8 Å². The lowest BCUT2D eigenvalue weighted by molar-refractivity contribution is 0.0747. The normalized spacial score (nSPS) is 14.9. The molecule has 0 aliphatic heterocycles. The summed E-state index contributed by atoms with van der Waals surface area (Å²) in [6.45, 7) is 23.2. The van der Waals surface area contributed by atoms with Crippen LogP contribution in [-0.4, -0.2) is 63.5 Å². The van der Waals surface area contributed by atoms with Crippen molar-refractivity contribution in [1.29, 1.82) is 0 Å². The molecule has 0 radical (unpaired) electrons. The molecule has 1 aromatic carbocycles. The number of amides is 1. The van der Waals surface area contributed by atoms with Crippen LogP contribution in [-0.2, 0) is 40.5 Å². The summed E-state index contributed by atoms with van der Waals surface area (Å²) < 4.78 is 37.6. The molecule has 0 unspecified atom stereocenters. The Morgan fingerprint density at radius 1 is 1.00 bits per heavy atom. The molecule has 46 heavy (non-hydrogen) atoms.